The highest BCUT2D eigenvalue weighted by molar-refractivity contribution is 6.90. The summed E-state index contributed by atoms with van der Waals surface area (Å²) in [5, 5.41) is 1.44. The molecular formula is C14H25NSi. The van der Waals surface area contributed by atoms with Gasteiger partial charge >= 0.3 is 0 Å². The molecule has 0 bridgehead atoms. The molecule has 0 atom stereocenters. The van der Waals surface area contributed by atoms with Crippen LogP contribution >= 0.6 is 0 Å². The SMILES string of the molecule is CCCCCC[Si](C)(C)c1ccccc1N. The second-order valence-corrected chi connectivity index (χ2v) is 10.1. The maximum atomic E-state index is 6.07. The van der Waals surface area contributed by atoms with Crippen LogP contribution in [0.2, 0.25) is 19.1 Å². The van der Waals surface area contributed by atoms with E-state index >= 15 is 0 Å². The van der Waals surface area contributed by atoms with E-state index in [1.54, 1.807) is 0 Å². The molecule has 0 heterocycles. The van der Waals surface area contributed by atoms with Crippen molar-refractivity contribution in [3.05, 3.63) is 24.3 Å². The Labute approximate surface area is 101 Å². The minimum Gasteiger partial charge on any atom is -0.399 e. The summed E-state index contributed by atoms with van der Waals surface area (Å²) < 4.78 is 0. The highest BCUT2D eigenvalue weighted by Crippen LogP contribution is 2.18. The van der Waals surface area contributed by atoms with Gasteiger partial charge in [0, 0.05) is 5.69 Å². The number of nitrogens with two attached hydrogens (primary N) is 1. The number of unbranched alkanes of at least 4 members (excludes halogenated alkanes) is 3. The summed E-state index contributed by atoms with van der Waals surface area (Å²) in [6.45, 7) is 7.13. The molecular weight excluding hydrogens is 210 g/mol. The molecule has 90 valence electrons. The number of nitrogen functional groups attached to an aromatic ring is 1. The van der Waals surface area contributed by atoms with Gasteiger partial charge in [-0.2, -0.15) is 0 Å². The minimum atomic E-state index is -1.30. The molecule has 1 aromatic carbocycles. The Morgan fingerprint density at radius 3 is 2.38 bits per heavy atom. The molecule has 1 nitrogen and oxygen atoms in total. The van der Waals surface area contributed by atoms with Crippen LogP contribution in [0.25, 0.3) is 0 Å². The number of hydrogen-bond donors (Lipinski definition) is 1. The average Bonchev–Trinajstić information content (AvgIpc) is 2.25. The minimum absolute atomic E-state index is 0.995. The number of hydrogen-bond acceptors (Lipinski definition) is 1. The van der Waals surface area contributed by atoms with Crippen LogP contribution in [0.4, 0.5) is 5.69 Å². The van der Waals surface area contributed by atoms with Gasteiger partial charge in [0.05, 0.1) is 8.07 Å². The van der Waals surface area contributed by atoms with Crippen LogP contribution in [0.1, 0.15) is 32.6 Å². The predicted molar refractivity (Wildman–Crippen MR) is 76.9 cm³/mol. The fourth-order valence-corrected chi connectivity index (χ4v) is 5.06. The van der Waals surface area contributed by atoms with Crippen LogP contribution in [0.15, 0.2) is 24.3 Å². The Bertz CT molecular complexity index is 320. The van der Waals surface area contributed by atoms with Crippen molar-refractivity contribution in [2.24, 2.45) is 0 Å². The van der Waals surface area contributed by atoms with Gasteiger partial charge in [0.25, 0.3) is 0 Å². The van der Waals surface area contributed by atoms with E-state index in [0.717, 1.165) is 5.69 Å². The van der Waals surface area contributed by atoms with Crippen molar-refractivity contribution in [1.82, 2.24) is 0 Å². The third-order valence-corrected chi connectivity index (χ3v) is 6.86. The van der Waals surface area contributed by atoms with E-state index in [-0.39, 0.29) is 0 Å². The quantitative estimate of drug-likeness (QED) is 0.453. The van der Waals surface area contributed by atoms with Crippen LogP contribution in [-0.4, -0.2) is 8.07 Å². The van der Waals surface area contributed by atoms with Gasteiger partial charge in [-0.1, -0.05) is 69.9 Å². The predicted octanol–water partition coefficient (Wildman–Crippen LogP) is 3.76. The normalized spacial score (nSPS) is 11.7. The van der Waals surface area contributed by atoms with E-state index < -0.39 is 8.07 Å². The molecule has 0 spiro atoms. The van der Waals surface area contributed by atoms with Crippen molar-refractivity contribution < 1.29 is 0 Å². The second-order valence-electron chi connectivity index (χ2n) is 5.28. The van der Waals surface area contributed by atoms with E-state index in [1.165, 1.54) is 36.9 Å². The number of para-hydroxylation sites is 1. The Morgan fingerprint density at radius 2 is 1.75 bits per heavy atom. The molecule has 1 rings (SSSR count). The van der Waals surface area contributed by atoms with E-state index in [2.05, 4.69) is 32.2 Å². The summed E-state index contributed by atoms with van der Waals surface area (Å²) in [5.74, 6) is 0. The molecule has 1 aromatic rings. The molecule has 16 heavy (non-hydrogen) atoms. The Balaban J connectivity index is 2.59. The van der Waals surface area contributed by atoms with Crippen molar-refractivity contribution in [1.29, 1.82) is 0 Å². The topological polar surface area (TPSA) is 26.0 Å². The first kappa shape index (κ1) is 13.3. The summed E-state index contributed by atoms with van der Waals surface area (Å²) in [6.07, 6.45) is 5.42. The zero-order valence-corrected chi connectivity index (χ0v) is 11.9. The molecule has 0 aliphatic carbocycles. The fraction of sp³-hybridized carbons (Fsp3) is 0.571. The maximum Gasteiger partial charge on any atom is 0.0833 e. The van der Waals surface area contributed by atoms with Gasteiger partial charge in [0.1, 0.15) is 0 Å². The average molecular weight is 235 g/mol. The third kappa shape index (κ3) is 3.67. The van der Waals surface area contributed by atoms with Crippen LogP contribution in [0.5, 0.6) is 0 Å². The van der Waals surface area contributed by atoms with E-state index in [0.29, 0.717) is 0 Å². The molecule has 0 aliphatic rings. The fourth-order valence-electron chi connectivity index (χ4n) is 2.24. The third-order valence-electron chi connectivity index (χ3n) is 3.35. The summed E-state index contributed by atoms with van der Waals surface area (Å²) in [6, 6.07) is 9.77. The Morgan fingerprint density at radius 1 is 1.06 bits per heavy atom. The second kappa shape index (κ2) is 6.09. The van der Waals surface area contributed by atoms with E-state index in [1.807, 2.05) is 12.1 Å². The number of anilines is 1. The lowest BCUT2D eigenvalue weighted by Gasteiger charge is -2.24. The number of benzene rings is 1. The molecule has 0 saturated carbocycles. The summed E-state index contributed by atoms with van der Waals surface area (Å²) in [5.41, 5.74) is 7.07. The van der Waals surface area contributed by atoms with Gasteiger partial charge in [-0.15, -0.1) is 0 Å². The van der Waals surface area contributed by atoms with Gasteiger partial charge in [0.15, 0.2) is 0 Å². The number of rotatable bonds is 6. The van der Waals surface area contributed by atoms with Crippen LogP contribution in [-0.2, 0) is 0 Å². The molecule has 0 saturated heterocycles. The van der Waals surface area contributed by atoms with Crippen molar-refractivity contribution in [3.63, 3.8) is 0 Å². The maximum absolute atomic E-state index is 6.07. The molecule has 0 aromatic heterocycles. The highest BCUT2D eigenvalue weighted by Gasteiger charge is 2.24. The van der Waals surface area contributed by atoms with Gasteiger partial charge in [-0.05, 0) is 11.3 Å². The van der Waals surface area contributed by atoms with E-state index in [4.69, 9.17) is 5.73 Å². The first-order valence-electron chi connectivity index (χ1n) is 6.43. The largest absolute Gasteiger partial charge is 0.399 e. The molecule has 2 N–H and O–H groups in total. The van der Waals surface area contributed by atoms with Crippen molar-refractivity contribution in [2.45, 2.75) is 51.7 Å². The smallest absolute Gasteiger partial charge is 0.0833 e. The molecule has 2 heteroatoms. The first-order chi connectivity index (χ1) is 7.58. The molecule has 0 unspecified atom stereocenters. The summed E-state index contributed by atoms with van der Waals surface area (Å²) >= 11 is 0. The van der Waals surface area contributed by atoms with Crippen molar-refractivity contribution in [3.8, 4) is 0 Å². The van der Waals surface area contributed by atoms with Gasteiger partial charge in [-0.3, -0.25) is 0 Å². The van der Waals surface area contributed by atoms with Crippen molar-refractivity contribution in [2.75, 3.05) is 5.73 Å². The lowest BCUT2D eigenvalue weighted by Crippen LogP contribution is -2.42. The van der Waals surface area contributed by atoms with Crippen LogP contribution in [0.3, 0.4) is 0 Å². The monoisotopic (exact) mass is 235 g/mol. The Hall–Kier alpha value is -0.763. The summed E-state index contributed by atoms with van der Waals surface area (Å²) in [7, 11) is -1.30. The zero-order chi connectivity index (χ0) is 12.0. The first-order valence-corrected chi connectivity index (χ1v) is 9.63. The summed E-state index contributed by atoms with van der Waals surface area (Å²) in [4.78, 5) is 0. The van der Waals surface area contributed by atoms with Gasteiger partial charge in [0.2, 0.25) is 0 Å². The standard InChI is InChI=1S/C14H25NSi/c1-4-5-6-9-12-16(2,3)14-11-8-7-10-13(14)15/h7-8,10-11H,4-6,9,12,15H2,1-3H3. The van der Waals surface area contributed by atoms with Gasteiger partial charge < -0.3 is 5.73 Å². The lowest BCUT2D eigenvalue weighted by atomic mass is 10.2. The lowest BCUT2D eigenvalue weighted by molar-refractivity contribution is 0.697. The molecule has 0 amide bonds. The zero-order valence-electron chi connectivity index (χ0n) is 10.9. The van der Waals surface area contributed by atoms with E-state index in [9.17, 15) is 0 Å². The Kier molecular flexibility index (Phi) is 5.06. The highest BCUT2D eigenvalue weighted by atomic mass is 28.3. The molecule has 0 aliphatic heterocycles. The molecule has 0 radical (unpaired) electrons. The van der Waals surface area contributed by atoms with Crippen LogP contribution in [0, 0.1) is 0 Å². The molecule has 0 fully saturated rings. The van der Waals surface area contributed by atoms with Gasteiger partial charge in [-0.25, -0.2) is 0 Å². The van der Waals surface area contributed by atoms with Crippen molar-refractivity contribution >= 4 is 18.9 Å². The van der Waals surface area contributed by atoms with Crippen LogP contribution < -0.4 is 10.9 Å².